The number of benzene rings is 1. The number of rotatable bonds is 2. The molecule has 0 aromatic heterocycles. The van der Waals surface area contributed by atoms with Crippen LogP contribution in [0.2, 0.25) is 0 Å². The van der Waals surface area contributed by atoms with Gasteiger partial charge in [-0.05, 0) is 30.4 Å². The molecule has 1 aromatic carbocycles. The molecule has 1 heteroatoms. The maximum absolute atomic E-state index is 3.71. The highest BCUT2D eigenvalue weighted by Crippen LogP contribution is 2.27. The van der Waals surface area contributed by atoms with Crippen molar-refractivity contribution in [2.24, 2.45) is 0 Å². The molecule has 1 N–H and O–H groups in total. The van der Waals surface area contributed by atoms with Crippen molar-refractivity contribution >= 4 is 0 Å². The Morgan fingerprint density at radius 3 is 2.71 bits per heavy atom. The van der Waals surface area contributed by atoms with Crippen LogP contribution in [0.25, 0.3) is 0 Å². The summed E-state index contributed by atoms with van der Waals surface area (Å²) in [7, 11) is 0. The van der Waals surface area contributed by atoms with Gasteiger partial charge in [-0.3, -0.25) is 0 Å². The normalized spacial score (nSPS) is 25.9. The molecule has 1 aliphatic rings. The van der Waals surface area contributed by atoms with Gasteiger partial charge in [-0.15, -0.1) is 0 Å². The Kier molecular flexibility index (Phi) is 2.87. The zero-order valence-electron chi connectivity index (χ0n) is 9.09. The van der Waals surface area contributed by atoms with Crippen LogP contribution in [-0.2, 0) is 6.42 Å². The topological polar surface area (TPSA) is 12.0 Å². The van der Waals surface area contributed by atoms with Gasteiger partial charge in [-0.2, -0.15) is 0 Å². The third kappa shape index (κ3) is 1.69. The van der Waals surface area contributed by atoms with E-state index in [0.29, 0.717) is 12.1 Å². The zero-order valence-corrected chi connectivity index (χ0v) is 9.09. The van der Waals surface area contributed by atoms with Crippen molar-refractivity contribution in [1.82, 2.24) is 5.32 Å². The first-order valence-corrected chi connectivity index (χ1v) is 5.69. The second-order valence-corrected chi connectivity index (χ2v) is 4.14. The molecule has 2 atom stereocenters. The van der Waals surface area contributed by atoms with Crippen molar-refractivity contribution in [3.8, 4) is 0 Å². The lowest BCUT2D eigenvalue weighted by atomic mass is 9.88. The minimum atomic E-state index is 0.574. The van der Waals surface area contributed by atoms with Crippen LogP contribution in [0.3, 0.4) is 0 Å². The lowest BCUT2D eigenvalue weighted by molar-refractivity contribution is 0.386. The van der Waals surface area contributed by atoms with Gasteiger partial charge in [-0.1, -0.05) is 38.1 Å². The Labute approximate surface area is 86.5 Å². The molecule has 2 unspecified atom stereocenters. The average molecular weight is 189 g/mol. The minimum absolute atomic E-state index is 0.574. The standard InChI is InChI=1S/C13H19N/c1-3-11-9-10-7-5-6-8-12(10)13(4-2)14-11/h5-8,11,13-14H,3-4,9H2,1-2H3. The highest BCUT2D eigenvalue weighted by atomic mass is 15.0. The van der Waals surface area contributed by atoms with Crippen molar-refractivity contribution in [3.05, 3.63) is 35.4 Å². The van der Waals surface area contributed by atoms with Crippen LogP contribution in [0, 0.1) is 0 Å². The molecule has 1 nitrogen and oxygen atoms in total. The summed E-state index contributed by atoms with van der Waals surface area (Å²) in [5, 5.41) is 3.71. The highest BCUT2D eigenvalue weighted by Gasteiger charge is 2.22. The van der Waals surface area contributed by atoms with Crippen molar-refractivity contribution in [1.29, 1.82) is 0 Å². The fourth-order valence-corrected chi connectivity index (χ4v) is 2.36. The molecule has 0 bridgehead atoms. The first kappa shape index (κ1) is 9.72. The molecule has 1 aliphatic heterocycles. The van der Waals surface area contributed by atoms with Crippen LogP contribution in [0.15, 0.2) is 24.3 Å². The maximum atomic E-state index is 3.71. The molecule has 0 aliphatic carbocycles. The van der Waals surface area contributed by atoms with Gasteiger partial charge in [0.05, 0.1) is 0 Å². The van der Waals surface area contributed by atoms with Crippen LogP contribution >= 0.6 is 0 Å². The second-order valence-electron chi connectivity index (χ2n) is 4.14. The van der Waals surface area contributed by atoms with Gasteiger partial charge in [-0.25, -0.2) is 0 Å². The molecular weight excluding hydrogens is 170 g/mol. The third-order valence-electron chi connectivity index (χ3n) is 3.23. The second kappa shape index (κ2) is 4.14. The third-order valence-corrected chi connectivity index (χ3v) is 3.23. The van der Waals surface area contributed by atoms with Gasteiger partial charge in [0.2, 0.25) is 0 Å². The monoisotopic (exact) mass is 189 g/mol. The predicted molar refractivity (Wildman–Crippen MR) is 60.4 cm³/mol. The van der Waals surface area contributed by atoms with E-state index in [0.717, 1.165) is 0 Å². The largest absolute Gasteiger partial charge is 0.307 e. The van der Waals surface area contributed by atoms with E-state index >= 15 is 0 Å². The SMILES string of the molecule is CCC1Cc2ccccc2C(CC)N1. The van der Waals surface area contributed by atoms with E-state index in [1.54, 1.807) is 5.56 Å². The minimum Gasteiger partial charge on any atom is -0.307 e. The van der Waals surface area contributed by atoms with E-state index in [1.807, 2.05) is 0 Å². The van der Waals surface area contributed by atoms with Crippen molar-refractivity contribution in [2.45, 2.75) is 45.2 Å². The molecule has 0 radical (unpaired) electrons. The van der Waals surface area contributed by atoms with Crippen LogP contribution in [0.5, 0.6) is 0 Å². The highest BCUT2D eigenvalue weighted by molar-refractivity contribution is 5.33. The fourth-order valence-electron chi connectivity index (χ4n) is 2.36. The quantitative estimate of drug-likeness (QED) is 0.754. The lowest BCUT2D eigenvalue weighted by Crippen LogP contribution is -2.38. The Morgan fingerprint density at radius 1 is 1.21 bits per heavy atom. The van der Waals surface area contributed by atoms with E-state index in [2.05, 4.69) is 43.4 Å². The molecule has 14 heavy (non-hydrogen) atoms. The molecule has 0 saturated heterocycles. The molecule has 0 amide bonds. The maximum Gasteiger partial charge on any atom is 0.0322 e. The number of hydrogen-bond donors (Lipinski definition) is 1. The molecule has 1 aromatic rings. The van der Waals surface area contributed by atoms with Gasteiger partial charge in [0.1, 0.15) is 0 Å². The van der Waals surface area contributed by atoms with Crippen molar-refractivity contribution < 1.29 is 0 Å². The van der Waals surface area contributed by atoms with Gasteiger partial charge in [0.15, 0.2) is 0 Å². The predicted octanol–water partition coefficient (Wildman–Crippen LogP) is 3.06. The Hall–Kier alpha value is -0.820. The molecule has 0 fully saturated rings. The molecule has 76 valence electrons. The van der Waals surface area contributed by atoms with E-state index in [9.17, 15) is 0 Å². The van der Waals surface area contributed by atoms with E-state index in [4.69, 9.17) is 0 Å². The smallest absolute Gasteiger partial charge is 0.0322 e. The van der Waals surface area contributed by atoms with Gasteiger partial charge >= 0.3 is 0 Å². The summed E-state index contributed by atoms with van der Waals surface area (Å²) in [4.78, 5) is 0. The number of hydrogen-bond acceptors (Lipinski definition) is 1. The molecule has 2 rings (SSSR count). The summed E-state index contributed by atoms with van der Waals surface area (Å²) in [6.45, 7) is 4.52. The van der Waals surface area contributed by atoms with E-state index < -0.39 is 0 Å². The summed E-state index contributed by atoms with van der Waals surface area (Å²) in [5.41, 5.74) is 3.06. The van der Waals surface area contributed by atoms with Gasteiger partial charge in [0, 0.05) is 12.1 Å². The van der Waals surface area contributed by atoms with E-state index in [-0.39, 0.29) is 0 Å². The van der Waals surface area contributed by atoms with Crippen LogP contribution in [0.4, 0.5) is 0 Å². The van der Waals surface area contributed by atoms with E-state index in [1.165, 1.54) is 24.8 Å². The molecule has 1 heterocycles. The molecular formula is C13H19N. The zero-order chi connectivity index (χ0) is 9.97. The first-order chi connectivity index (χ1) is 6.85. The molecule has 0 saturated carbocycles. The van der Waals surface area contributed by atoms with Gasteiger partial charge < -0.3 is 5.32 Å². The van der Waals surface area contributed by atoms with Crippen LogP contribution < -0.4 is 5.32 Å². The Balaban J connectivity index is 2.31. The van der Waals surface area contributed by atoms with Crippen LogP contribution in [-0.4, -0.2) is 6.04 Å². The summed E-state index contributed by atoms with van der Waals surface area (Å²) in [6.07, 6.45) is 3.61. The van der Waals surface area contributed by atoms with Gasteiger partial charge in [0.25, 0.3) is 0 Å². The average Bonchev–Trinajstić information content (AvgIpc) is 2.27. The number of fused-ring (bicyclic) bond motifs is 1. The van der Waals surface area contributed by atoms with Crippen molar-refractivity contribution in [3.63, 3.8) is 0 Å². The summed E-state index contributed by atoms with van der Waals surface area (Å²) in [5.74, 6) is 0. The molecule has 0 spiro atoms. The Morgan fingerprint density at radius 2 is 2.00 bits per heavy atom. The lowest BCUT2D eigenvalue weighted by Gasteiger charge is -2.32. The van der Waals surface area contributed by atoms with Crippen molar-refractivity contribution in [2.75, 3.05) is 0 Å². The summed E-state index contributed by atoms with van der Waals surface area (Å²) >= 11 is 0. The first-order valence-electron chi connectivity index (χ1n) is 5.69. The summed E-state index contributed by atoms with van der Waals surface area (Å²) in [6, 6.07) is 10.1. The summed E-state index contributed by atoms with van der Waals surface area (Å²) < 4.78 is 0. The Bertz CT molecular complexity index is 306. The fraction of sp³-hybridized carbons (Fsp3) is 0.538. The number of nitrogens with one attached hydrogen (secondary N) is 1. The van der Waals surface area contributed by atoms with Crippen LogP contribution in [0.1, 0.15) is 43.9 Å².